The largest absolute Gasteiger partial charge is 0.378 e. The van der Waals surface area contributed by atoms with Crippen molar-refractivity contribution >= 4 is 17.6 Å². The molecule has 1 aromatic heterocycles. The van der Waals surface area contributed by atoms with Gasteiger partial charge in [0.15, 0.2) is 5.54 Å². The fourth-order valence-corrected chi connectivity index (χ4v) is 6.12. The molecule has 7 rings (SSSR count). The predicted molar refractivity (Wildman–Crippen MR) is 148 cm³/mol. The minimum absolute atomic E-state index is 0.0389. The van der Waals surface area contributed by atoms with Gasteiger partial charge in [-0.2, -0.15) is 5.10 Å². The van der Waals surface area contributed by atoms with Crippen molar-refractivity contribution < 1.29 is 14.3 Å². The number of amidine groups is 1. The maximum Gasteiger partial charge on any atom is 0.258 e. The molecule has 4 heterocycles. The first-order chi connectivity index (χ1) is 19.0. The Hall–Kier alpha value is -3.78. The van der Waals surface area contributed by atoms with Gasteiger partial charge in [0.2, 0.25) is 5.91 Å². The number of ether oxygens (including phenoxy) is 1. The van der Waals surface area contributed by atoms with E-state index in [1.54, 1.807) is 4.68 Å². The van der Waals surface area contributed by atoms with Crippen molar-refractivity contribution in [2.45, 2.75) is 31.2 Å². The van der Waals surface area contributed by atoms with Crippen LogP contribution in [0.4, 0.5) is 0 Å². The summed E-state index contributed by atoms with van der Waals surface area (Å²) in [6.45, 7) is 2.99. The van der Waals surface area contributed by atoms with Crippen molar-refractivity contribution in [2.24, 2.45) is 23.9 Å². The Bertz CT molecular complexity index is 1430. The number of nitrogens with zero attached hydrogens (tertiary/aromatic N) is 5. The molecule has 39 heavy (non-hydrogen) atoms. The van der Waals surface area contributed by atoms with Crippen LogP contribution in [0.25, 0.3) is 22.3 Å². The van der Waals surface area contributed by atoms with E-state index in [0.717, 1.165) is 66.0 Å². The molecule has 1 aliphatic carbocycles. The zero-order valence-corrected chi connectivity index (χ0v) is 22.3. The van der Waals surface area contributed by atoms with E-state index in [4.69, 9.17) is 9.73 Å². The van der Waals surface area contributed by atoms with E-state index in [0.29, 0.717) is 32.1 Å². The van der Waals surface area contributed by atoms with Gasteiger partial charge < -0.3 is 9.64 Å². The summed E-state index contributed by atoms with van der Waals surface area (Å²) in [5, 5.41) is 4.26. The first-order valence-electron chi connectivity index (χ1n) is 14.0. The molecule has 1 saturated carbocycles. The molecule has 3 aliphatic heterocycles. The average Bonchev–Trinajstić information content (AvgIpc) is 3.26. The number of likely N-dealkylation sites (tertiary alicyclic amines) is 1. The van der Waals surface area contributed by atoms with Crippen molar-refractivity contribution in [3.63, 3.8) is 0 Å². The summed E-state index contributed by atoms with van der Waals surface area (Å²) in [6, 6.07) is 16.8. The van der Waals surface area contributed by atoms with Gasteiger partial charge in [-0.15, -0.1) is 0 Å². The van der Waals surface area contributed by atoms with E-state index < -0.39 is 5.54 Å². The lowest BCUT2D eigenvalue weighted by atomic mass is 9.98. The second-order valence-electron chi connectivity index (χ2n) is 11.5. The van der Waals surface area contributed by atoms with Crippen LogP contribution in [0.15, 0.2) is 65.9 Å². The van der Waals surface area contributed by atoms with Gasteiger partial charge in [-0.1, -0.05) is 48.5 Å². The van der Waals surface area contributed by atoms with Gasteiger partial charge in [0.1, 0.15) is 5.84 Å². The van der Waals surface area contributed by atoms with Gasteiger partial charge in [0.25, 0.3) is 5.91 Å². The van der Waals surface area contributed by atoms with E-state index in [1.807, 2.05) is 29.2 Å². The van der Waals surface area contributed by atoms with Gasteiger partial charge in [0, 0.05) is 63.0 Å². The highest BCUT2D eigenvalue weighted by atomic mass is 16.5. The highest BCUT2D eigenvalue weighted by Gasteiger charge is 2.51. The first-order valence-corrected chi connectivity index (χ1v) is 14.0. The minimum Gasteiger partial charge on any atom is -0.378 e. The van der Waals surface area contributed by atoms with Crippen LogP contribution < -0.4 is 0 Å². The standard InChI is InChI=1S/C31H33N5O3/c1-34-19-27(16-32-34)24-4-2-22(3-5-24)23-6-8-25(9-7-23)28-33-31(13-15-39-20-31)30(38)36(28)18-21-12-14-35(17-21)29(37)26-10-11-26/h2-9,16,19,21,26H,10-15,17-18,20H2,1H3/t21-,31?/m1/s1. The van der Waals surface area contributed by atoms with Crippen LogP contribution in [0, 0.1) is 11.8 Å². The molecule has 0 N–H and O–H groups in total. The molecular formula is C31H33N5O3. The highest BCUT2D eigenvalue weighted by molar-refractivity contribution is 6.15. The third-order valence-electron chi connectivity index (χ3n) is 8.58. The Balaban J connectivity index is 1.11. The second kappa shape index (κ2) is 9.45. The van der Waals surface area contributed by atoms with Gasteiger partial charge in [-0.05, 0) is 41.9 Å². The van der Waals surface area contributed by atoms with Crippen molar-refractivity contribution in [3.05, 3.63) is 66.5 Å². The monoisotopic (exact) mass is 523 g/mol. The molecule has 3 fully saturated rings. The zero-order valence-electron chi connectivity index (χ0n) is 22.3. The van der Waals surface area contributed by atoms with E-state index in [2.05, 4.69) is 53.6 Å². The summed E-state index contributed by atoms with van der Waals surface area (Å²) < 4.78 is 7.45. The molecule has 2 aromatic carbocycles. The lowest BCUT2D eigenvalue weighted by molar-refractivity contribution is -0.131. The fraction of sp³-hybridized carbons (Fsp3) is 0.419. The van der Waals surface area contributed by atoms with Crippen molar-refractivity contribution in [1.82, 2.24) is 19.6 Å². The third-order valence-corrected chi connectivity index (χ3v) is 8.58. The summed E-state index contributed by atoms with van der Waals surface area (Å²) in [6.07, 6.45) is 7.46. The molecule has 0 bridgehead atoms. The number of rotatable bonds is 6. The normalized spacial score (nSPS) is 24.7. The number of hydrogen-bond donors (Lipinski definition) is 0. The summed E-state index contributed by atoms with van der Waals surface area (Å²) >= 11 is 0. The summed E-state index contributed by atoms with van der Waals surface area (Å²) in [7, 11) is 1.92. The van der Waals surface area contributed by atoms with Crippen LogP contribution >= 0.6 is 0 Å². The Labute approximate surface area is 228 Å². The Morgan fingerprint density at radius 2 is 1.64 bits per heavy atom. The summed E-state index contributed by atoms with van der Waals surface area (Å²) in [5.74, 6) is 1.56. The zero-order chi connectivity index (χ0) is 26.6. The number of aryl methyl sites for hydroxylation is 1. The molecular weight excluding hydrogens is 490 g/mol. The van der Waals surface area contributed by atoms with E-state index in [1.165, 1.54) is 0 Å². The molecule has 2 saturated heterocycles. The Morgan fingerprint density at radius 3 is 2.23 bits per heavy atom. The predicted octanol–water partition coefficient (Wildman–Crippen LogP) is 3.76. The number of benzene rings is 2. The molecule has 4 aliphatic rings. The van der Waals surface area contributed by atoms with Crippen LogP contribution in [0.3, 0.4) is 0 Å². The van der Waals surface area contributed by atoms with Crippen LogP contribution in [-0.4, -0.2) is 75.6 Å². The quantitative estimate of drug-likeness (QED) is 0.493. The lowest BCUT2D eigenvalue weighted by Gasteiger charge is -2.25. The van der Waals surface area contributed by atoms with E-state index in [9.17, 15) is 9.59 Å². The summed E-state index contributed by atoms with van der Waals surface area (Å²) in [4.78, 5) is 35.2. The van der Waals surface area contributed by atoms with Gasteiger partial charge in [0.05, 0.1) is 12.8 Å². The van der Waals surface area contributed by atoms with E-state index >= 15 is 0 Å². The van der Waals surface area contributed by atoms with Crippen LogP contribution in [0.2, 0.25) is 0 Å². The molecule has 1 unspecified atom stereocenters. The van der Waals surface area contributed by atoms with Gasteiger partial charge in [-0.3, -0.25) is 19.2 Å². The molecule has 8 heteroatoms. The Morgan fingerprint density at radius 1 is 0.974 bits per heavy atom. The lowest BCUT2D eigenvalue weighted by Crippen LogP contribution is -2.45. The second-order valence-corrected chi connectivity index (χ2v) is 11.5. The highest BCUT2D eigenvalue weighted by Crippen LogP contribution is 2.36. The maximum atomic E-state index is 13.7. The maximum absolute atomic E-state index is 13.7. The minimum atomic E-state index is -0.807. The number of aromatic nitrogens is 2. The summed E-state index contributed by atoms with van der Waals surface area (Å²) in [5.41, 5.74) is 4.59. The third kappa shape index (κ3) is 4.46. The van der Waals surface area contributed by atoms with Crippen LogP contribution in [0.5, 0.6) is 0 Å². The van der Waals surface area contributed by atoms with Crippen molar-refractivity contribution in [2.75, 3.05) is 32.8 Å². The molecule has 2 atom stereocenters. The van der Waals surface area contributed by atoms with Gasteiger partial charge >= 0.3 is 0 Å². The molecule has 200 valence electrons. The Kier molecular flexibility index (Phi) is 5.88. The average molecular weight is 524 g/mol. The SMILES string of the molecule is Cn1cc(-c2ccc(-c3ccc(C4=NC5(CCOC5)C(=O)N4C[C@@H]4CCN(C(=O)C5CC5)C4)cc3)cc2)cn1. The fourth-order valence-electron chi connectivity index (χ4n) is 6.12. The first kappa shape index (κ1) is 24.3. The molecule has 2 amide bonds. The van der Waals surface area contributed by atoms with Crippen molar-refractivity contribution in [1.29, 1.82) is 0 Å². The molecule has 3 aromatic rings. The smallest absolute Gasteiger partial charge is 0.258 e. The number of aliphatic imine (C=N–C) groups is 1. The number of carbonyl (C=O) groups is 2. The molecule has 0 radical (unpaired) electrons. The number of hydrogen-bond acceptors (Lipinski definition) is 5. The van der Waals surface area contributed by atoms with Crippen molar-refractivity contribution in [3.8, 4) is 22.3 Å². The molecule has 8 nitrogen and oxygen atoms in total. The number of carbonyl (C=O) groups excluding carboxylic acids is 2. The van der Waals surface area contributed by atoms with Gasteiger partial charge in [-0.25, -0.2) is 4.99 Å². The van der Waals surface area contributed by atoms with E-state index in [-0.39, 0.29) is 17.7 Å². The number of amides is 2. The van der Waals surface area contributed by atoms with Crippen LogP contribution in [-0.2, 0) is 21.4 Å². The van der Waals surface area contributed by atoms with Crippen LogP contribution in [0.1, 0.15) is 31.2 Å². The topological polar surface area (TPSA) is 80.0 Å². The molecule has 1 spiro atoms.